The van der Waals surface area contributed by atoms with Crippen molar-refractivity contribution in [3.05, 3.63) is 41.9 Å². The van der Waals surface area contributed by atoms with E-state index in [-0.39, 0.29) is 5.41 Å². The Bertz CT molecular complexity index is 513. The molecule has 2 heteroatoms. The third kappa shape index (κ3) is 2.41. The van der Waals surface area contributed by atoms with Crippen LogP contribution >= 0.6 is 0 Å². The fourth-order valence-electron chi connectivity index (χ4n) is 2.03. The zero-order valence-electron chi connectivity index (χ0n) is 11.3. The number of hydrogen-bond acceptors (Lipinski definition) is 1. The van der Waals surface area contributed by atoms with Crippen LogP contribution in [0.3, 0.4) is 0 Å². The Labute approximate surface area is 103 Å². The van der Waals surface area contributed by atoms with Crippen LogP contribution in [0.4, 0.5) is 0 Å². The third-order valence-electron chi connectivity index (χ3n) is 2.89. The summed E-state index contributed by atoms with van der Waals surface area (Å²) in [5.41, 5.74) is 3.59. The summed E-state index contributed by atoms with van der Waals surface area (Å²) in [4.78, 5) is 4.74. The molecule has 0 aliphatic rings. The second-order valence-corrected chi connectivity index (χ2v) is 5.68. The first kappa shape index (κ1) is 11.9. The van der Waals surface area contributed by atoms with Crippen LogP contribution in [0.2, 0.25) is 0 Å². The largest absolute Gasteiger partial charge is 0.337 e. The second kappa shape index (κ2) is 4.02. The molecule has 0 spiro atoms. The van der Waals surface area contributed by atoms with Gasteiger partial charge in [-0.15, -0.1) is 0 Å². The molecule has 0 fully saturated rings. The summed E-state index contributed by atoms with van der Waals surface area (Å²) in [7, 11) is 2.06. The van der Waals surface area contributed by atoms with Gasteiger partial charge in [0.2, 0.25) is 0 Å². The van der Waals surface area contributed by atoms with Crippen molar-refractivity contribution >= 4 is 0 Å². The van der Waals surface area contributed by atoms with Gasteiger partial charge in [0.15, 0.2) is 0 Å². The van der Waals surface area contributed by atoms with E-state index >= 15 is 0 Å². The summed E-state index contributed by atoms with van der Waals surface area (Å²) in [6, 6.07) is 8.51. The first-order valence-corrected chi connectivity index (χ1v) is 5.99. The van der Waals surface area contributed by atoms with Crippen LogP contribution in [0, 0.1) is 6.92 Å². The number of aromatic nitrogens is 2. The minimum atomic E-state index is 0.0810. The fraction of sp³-hybridized carbons (Fsp3) is 0.400. The highest BCUT2D eigenvalue weighted by Gasteiger charge is 2.20. The molecule has 0 saturated heterocycles. The topological polar surface area (TPSA) is 17.8 Å². The third-order valence-corrected chi connectivity index (χ3v) is 2.89. The molecule has 0 N–H and O–H groups in total. The second-order valence-electron chi connectivity index (χ2n) is 5.68. The van der Waals surface area contributed by atoms with Crippen molar-refractivity contribution in [1.82, 2.24) is 9.55 Å². The van der Waals surface area contributed by atoms with Crippen molar-refractivity contribution in [2.24, 2.45) is 7.05 Å². The average Bonchev–Trinajstić information content (AvgIpc) is 2.61. The molecule has 2 rings (SSSR count). The molecule has 0 aliphatic heterocycles. The normalized spacial score (nSPS) is 11.8. The monoisotopic (exact) mass is 228 g/mol. The first-order chi connectivity index (χ1) is 7.88. The Balaban J connectivity index is 2.45. The molecular weight excluding hydrogens is 208 g/mol. The first-order valence-electron chi connectivity index (χ1n) is 5.99. The predicted octanol–water partition coefficient (Wildman–Crippen LogP) is 3.69. The van der Waals surface area contributed by atoms with E-state index in [1.165, 1.54) is 11.1 Å². The lowest BCUT2D eigenvalue weighted by molar-refractivity contribution is 0.523. The maximum atomic E-state index is 4.74. The van der Waals surface area contributed by atoms with Gasteiger partial charge in [-0.25, -0.2) is 4.98 Å². The van der Waals surface area contributed by atoms with Crippen molar-refractivity contribution in [2.75, 3.05) is 0 Å². The highest BCUT2D eigenvalue weighted by molar-refractivity contribution is 5.59. The van der Waals surface area contributed by atoms with E-state index < -0.39 is 0 Å². The summed E-state index contributed by atoms with van der Waals surface area (Å²) in [5, 5.41) is 0. The Hall–Kier alpha value is -1.57. The van der Waals surface area contributed by atoms with Crippen molar-refractivity contribution < 1.29 is 0 Å². The van der Waals surface area contributed by atoms with Crippen LogP contribution in [-0.4, -0.2) is 9.55 Å². The molecule has 2 nitrogen and oxygen atoms in total. The minimum absolute atomic E-state index is 0.0810. The quantitative estimate of drug-likeness (QED) is 0.728. The Morgan fingerprint density at radius 3 is 2.12 bits per heavy atom. The molecular formula is C15H20N2. The molecule has 0 saturated carbocycles. The zero-order chi connectivity index (χ0) is 12.6. The van der Waals surface area contributed by atoms with Crippen LogP contribution < -0.4 is 0 Å². The van der Waals surface area contributed by atoms with E-state index in [1.54, 1.807) is 0 Å². The van der Waals surface area contributed by atoms with Gasteiger partial charge in [0.25, 0.3) is 0 Å². The SMILES string of the molecule is Cc1ccc(-c2cn(C)c(C(C)(C)C)n2)cc1. The van der Waals surface area contributed by atoms with E-state index in [1.807, 2.05) is 0 Å². The number of imidazole rings is 1. The number of hydrogen-bond donors (Lipinski definition) is 0. The van der Waals surface area contributed by atoms with Crippen LogP contribution in [0.25, 0.3) is 11.3 Å². The zero-order valence-corrected chi connectivity index (χ0v) is 11.3. The molecule has 2 aromatic rings. The molecule has 0 atom stereocenters. The van der Waals surface area contributed by atoms with Gasteiger partial charge in [0.1, 0.15) is 5.82 Å². The lowest BCUT2D eigenvalue weighted by Gasteiger charge is -2.17. The molecule has 0 radical (unpaired) electrons. The lowest BCUT2D eigenvalue weighted by atomic mass is 9.96. The number of aryl methyl sites for hydroxylation is 2. The number of benzene rings is 1. The standard InChI is InChI=1S/C15H20N2/c1-11-6-8-12(9-7-11)13-10-17(5)14(16-13)15(2,3)4/h6-10H,1-5H3. The van der Waals surface area contributed by atoms with Crippen molar-refractivity contribution in [3.63, 3.8) is 0 Å². The Morgan fingerprint density at radius 1 is 1.06 bits per heavy atom. The molecule has 0 aliphatic carbocycles. The van der Waals surface area contributed by atoms with E-state index in [9.17, 15) is 0 Å². The van der Waals surface area contributed by atoms with Crippen molar-refractivity contribution in [1.29, 1.82) is 0 Å². The van der Waals surface area contributed by atoms with Crippen LogP contribution in [0.15, 0.2) is 30.5 Å². The molecule has 0 amide bonds. The van der Waals surface area contributed by atoms with Crippen LogP contribution in [0.1, 0.15) is 32.2 Å². The van der Waals surface area contributed by atoms with Gasteiger partial charge in [-0.05, 0) is 6.92 Å². The molecule has 0 bridgehead atoms. The van der Waals surface area contributed by atoms with Gasteiger partial charge in [-0.3, -0.25) is 0 Å². The van der Waals surface area contributed by atoms with Crippen LogP contribution in [-0.2, 0) is 12.5 Å². The molecule has 90 valence electrons. The summed E-state index contributed by atoms with van der Waals surface area (Å²) in [5.74, 6) is 1.12. The maximum absolute atomic E-state index is 4.74. The molecule has 1 heterocycles. The van der Waals surface area contributed by atoms with Gasteiger partial charge in [0.05, 0.1) is 5.69 Å². The van der Waals surface area contributed by atoms with E-state index in [0.717, 1.165) is 11.5 Å². The van der Waals surface area contributed by atoms with Gasteiger partial charge in [0, 0.05) is 24.2 Å². The number of rotatable bonds is 1. The maximum Gasteiger partial charge on any atom is 0.114 e. The molecule has 1 aromatic heterocycles. The Kier molecular flexibility index (Phi) is 2.82. The summed E-state index contributed by atoms with van der Waals surface area (Å²) in [6.07, 6.45) is 2.10. The smallest absolute Gasteiger partial charge is 0.114 e. The van der Waals surface area contributed by atoms with E-state index in [0.29, 0.717) is 0 Å². The van der Waals surface area contributed by atoms with Gasteiger partial charge < -0.3 is 4.57 Å². The van der Waals surface area contributed by atoms with Gasteiger partial charge in [-0.1, -0.05) is 50.6 Å². The average molecular weight is 228 g/mol. The van der Waals surface area contributed by atoms with Gasteiger partial charge in [-0.2, -0.15) is 0 Å². The summed E-state index contributed by atoms with van der Waals surface area (Å²) < 4.78 is 2.12. The van der Waals surface area contributed by atoms with Gasteiger partial charge >= 0.3 is 0 Å². The van der Waals surface area contributed by atoms with Crippen molar-refractivity contribution in [2.45, 2.75) is 33.1 Å². The highest BCUT2D eigenvalue weighted by Crippen LogP contribution is 2.25. The Morgan fingerprint density at radius 2 is 1.65 bits per heavy atom. The molecule has 0 unspecified atom stereocenters. The number of nitrogens with zero attached hydrogens (tertiary/aromatic N) is 2. The summed E-state index contributed by atoms with van der Waals surface area (Å²) >= 11 is 0. The van der Waals surface area contributed by atoms with Crippen LogP contribution in [0.5, 0.6) is 0 Å². The van der Waals surface area contributed by atoms with E-state index in [2.05, 4.69) is 69.8 Å². The lowest BCUT2D eigenvalue weighted by Crippen LogP contribution is -2.17. The molecule has 1 aromatic carbocycles. The highest BCUT2D eigenvalue weighted by atomic mass is 15.1. The fourth-order valence-corrected chi connectivity index (χ4v) is 2.03. The predicted molar refractivity (Wildman–Crippen MR) is 72.1 cm³/mol. The minimum Gasteiger partial charge on any atom is -0.337 e. The summed E-state index contributed by atoms with van der Waals surface area (Å²) in [6.45, 7) is 8.67. The van der Waals surface area contributed by atoms with E-state index in [4.69, 9.17) is 4.98 Å². The molecule has 17 heavy (non-hydrogen) atoms. The van der Waals surface area contributed by atoms with Crippen molar-refractivity contribution in [3.8, 4) is 11.3 Å².